The molecule has 0 saturated carbocycles. The third-order valence-electron chi connectivity index (χ3n) is 2.47. The molecular weight excluding hydrogens is 211 g/mol. The van der Waals surface area contributed by atoms with Crippen molar-refractivity contribution in [2.75, 3.05) is 0 Å². The maximum absolute atomic E-state index is 5.93. The number of hydrogen-bond acceptors (Lipinski definition) is 1. The Morgan fingerprint density at radius 3 is 2.38 bits per heavy atom. The van der Waals surface area contributed by atoms with Crippen LogP contribution in [0.4, 0.5) is 0 Å². The average Bonchev–Trinajstić information content (AvgIpc) is 2.25. The van der Waals surface area contributed by atoms with Gasteiger partial charge in [0.05, 0.1) is 0 Å². The first-order chi connectivity index (χ1) is 7.66. The van der Waals surface area contributed by atoms with E-state index < -0.39 is 0 Å². The molecule has 0 saturated heterocycles. The third-order valence-corrected chi connectivity index (χ3v) is 3.74. The van der Waals surface area contributed by atoms with E-state index in [4.69, 9.17) is 7.85 Å². The molecular formula is C14H13BS. The summed E-state index contributed by atoms with van der Waals surface area (Å²) in [5, 5.41) is 0. The van der Waals surface area contributed by atoms with Gasteiger partial charge in [-0.2, -0.15) is 0 Å². The van der Waals surface area contributed by atoms with Gasteiger partial charge in [-0.3, -0.25) is 0 Å². The first-order valence-electron chi connectivity index (χ1n) is 5.26. The van der Waals surface area contributed by atoms with Crippen LogP contribution in [0, 0.1) is 13.8 Å². The van der Waals surface area contributed by atoms with E-state index in [0.717, 1.165) is 10.4 Å². The Balaban J connectivity index is 2.31. The fourth-order valence-electron chi connectivity index (χ4n) is 1.61. The maximum Gasteiger partial charge on any atom is 0.115 e. The Hall–Kier alpha value is -1.15. The Morgan fingerprint density at radius 1 is 0.938 bits per heavy atom. The first kappa shape index (κ1) is 11.3. The molecule has 2 rings (SSSR count). The summed E-state index contributed by atoms with van der Waals surface area (Å²) in [7, 11) is 5.93. The van der Waals surface area contributed by atoms with Gasteiger partial charge in [-0.1, -0.05) is 53.1 Å². The Labute approximate surface area is 102 Å². The molecule has 0 aliphatic heterocycles. The molecule has 0 N–H and O–H groups in total. The number of rotatable bonds is 2. The molecule has 0 heterocycles. The molecule has 0 aliphatic carbocycles. The first-order valence-corrected chi connectivity index (χ1v) is 6.08. The predicted octanol–water partition coefficient (Wildman–Crippen LogP) is 3.25. The third kappa shape index (κ3) is 2.51. The molecule has 0 amide bonds. The highest BCUT2D eigenvalue weighted by Gasteiger charge is 2.02. The van der Waals surface area contributed by atoms with Gasteiger partial charge in [0, 0.05) is 9.79 Å². The second-order valence-corrected chi connectivity index (χ2v) is 4.99. The number of aryl methyl sites for hydroxylation is 2. The second-order valence-electron chi connectivity index (χ2n) is 3.91. The quantitative estimate of drug-likeness (QED) is 0.705. The average molecular weight is 224 g/mol. The number of hydrogen-bond donors (Lipinski definition) is 0. The molecule has 0 aliphatic rings. The summed E-state index contributed by atoms with van der Waals surface area (Å²) >= 11 is 1.72. The highest BCUT2D eigenvalue weighted by molar-refractivity contribution is 7.99. The molecule has 16 heavy (non-hydrogen) atoms. The van der Waals surface area contributed by atoms with E-state index in [0.29, 0.717) is 0 Å². The summed E-state index contributed by atoms with van der Waals surface area (Å²) < 4.78 is 0. The van der Waals surface area contributed by atoms with Crippen molar-refractivity contribution < 1.29 is 0 Å². The van der Waals surface area contributed by atoms with Crippen molar-refractivity contribution in [2.24, 2.45) is 0 Å². The highest BCUT2D eigenvalue weighted by Crippen LogP contribution is 2.29. The van der Waals surface area contributed by atoms with Gasteiger partial charge in [0.2, 0.25) is 0 Å². The molecule has 0 atom stereocenters. The van der Waals surface area contributed by atoms with Crippen LogP contribution in [0.5, 0.6) is 0 Å². The molecule has 0 unspecified atom stereocenters. The fourth-order valence-corrected chi connectivity index (χ4v) is 2.53. The van der Waals surface area contributed by atoms with Crippen LogP contribution in [0.1, 0.15) is 11.1 Å². The Kier molecular flexibility index (Phi) is 3.40. The molecule has 0 bridgehead atoms. The van der Waals surface area contributed by atoms with E-state index in [1.165, 1.54) is 16.0 Å². The zero-order valence-electron chi connectivity index (χ0n) is 9.53. The molecule has 0 fully saturated rings. The van der Waals surface area contributed by atoms with Gasteiger partial charge in [0.15, 0.2) is 0 Å². The smallest absolute Gasteiger partial charge is 0.0904 e. The largest absolute Gasteiger partial charge is 0.115 e. The Bertz CT molecular complexity index is 506. The van der Waals surface area contributed by atoms with Gasteiger partial charge in [-0.05, 0) is 31.5 Å². The molecule has 0 spiro atoms. The number of benzene rings is 2. The lowest BCUT2D eigenvalue weighted by molar-refractivity contribution is 1.26. The fraction of sp³-hybridized carbons (Fsp3) is 0.143. The topological polar surface area (TPSA) is 0 Å². The van der Waals surface area contributed by atoms with E-state index in [9.17, 15) is 0 Å². The molecule has 2 heteroatoms. The van der Waals surface area contributed by atoms with Crippen LogP contribution in [0.25, 0.3) is 0 Å². The maximum atomic E-state index is 5.93. The summed E-state index contributed by atoms with van der Waals surface area (Å²) in [6.07, 6.45) is 0. The Morgan fingerprint density at radius 2 is 1.69 bits per heavy atom. The van der Waals surface area contributed by atoms with Crippen molar-refractivity contribution in [3.63, 3.8) is 0 Å². The van der Waals surface area contributed by atoms with Crippen molar-refractivity contribution in [1.82, 2.24) is 0 Å². The molecule has 0 nitrogen and oxygen atoms in total. The minimum absolute atomic E-state index is 0.840. The van der Waals surface area contributed by atoms with Crippen LogP contribution >= 0.6 is 11.8 Å². The normalized spacial score (nSPS) is 10.4. The molecule has 2 aromatic rings. The van der Waals surface area contributed by atoms with Crippen molar-refractivity contribution in [3.05, 3.63) is 53.6 Å². The van der Waals surface area contributed by atoms with Gasteiger partial charge in [-0.15, -0.1) is 0 Å². The van der Waals surface area contributed by atoms with Gasteiger partial charge < -0.3 is 0 Å². The predicted molar refractivity (Wildman–Crippen MR) is 71.9 cm³/mol. The minimum Gasteiger partial charge on any atom is -0.0904 e. The van der Waals surface area contributed by atoms with Crippen molar-refractivity contribution in [2.45, 2.75) is 23.6 Å². The standard InChI is InChI=1S/C14H13BS/c1-10-7-8-13(11(2)9-10)16-14-6-4-3-5-12(14)15/h3-9H,1-2H3. The van der Waals surface area contributed by atoms with Crippen LogP contribution < -0.4 is 5.46 Å². The lowest BCUT2D eigenvalue weighted by atomic mass is 9.97. The molecule has 2 aromatic carbocycles. The van der Waals surface area contributed by atoms with Gasteiger partial charge in [-0.25, -0.2) is 0 Å². The second kappa shape index (κ2) is 4.79. The lowest BCUT2D eigenvalue weighted by Gasteiger charge is -2.08. The summed E-state index contributed by atoms with van der Waals surface area (Å²) in [5.41, 5.74) is 3.43. The van der Waals surface area contributed by atoms with E-state index in [-0.39, 0.29) is 0 Å². The van der Waals surface area contributed by atoms with Crippen LogP contribution in [0.2, 0.25) is 0 Å². The lowest BCUT2D eigenvalue weighted by Crippen LogP contribution is -2.04. The molecule has 78 valence electrons. The van der Waals surface area contributed by atoms with Gasteiger partial charge in [0.25, 0.3) is 0 Å². The van der Waals surface area contributed by atoms with E-state index >= 15 is 0 Å². The summed E-state index contributed by atoms with van der Waals surface area (Å²) in [6.45, 7) is 4.24. The van der Waals surface area contributed by atoms with Gasteiger partial charge >= 0.3 is 0 Å². The monoisotopic (exact) mass is 224 g/mol. The van der Waals surface area contributed by atoms with Crippen LogP contribution in [0.15, 0.2) is 52.3 Å². The van der Waals surface area contributed by atoms with Crippen molar-refractivity contribution in [1.29, 1.82) is 0 Å². The zero-order valence-corrected chi connectivity index (χ0v) is 10.3. The van der Waals surface area contributed by atoms with E-state index in [2.05, 4.69) is 38.1 Å². The summed E-state index contributed by atoms with van der Waals surface area (Å²) in [5.74, 6) is 0. The van der Waals surface area contributed by atoms with E-state index in [1.54, 1.807) is 11.8 Å². The SMILES string of the molecule is [B]c1ccccc1Sc1ccc(C)cc1C. The van der Waals surface area contributed by atoms with E-state index in [1.807, 2.05) is 18.2 Å². The van der Waals surface area contributed by atoms with Crippen molar-refractivity contribution >= 4 is 25.1 Å². The van der Waals surface area contributed by atoms with Crippen molar-refractivity contribution in [3.8, 4) is 0 Å². The summed E-state index contributed by atoms with van der Waals surface area (Å²) in [6, 6.07) is 14.5. The van der Waals surface area contributed by atoms with Crippen LogP contribution in [0.3, 0.4) is 0 Å². The summed E-state index contributed by atoms with van der Waals surface area (Å²) in [4.78, 5) is 2.39. The van der Waals surface area contributed by atoms with Crippen LogP contribution in [-0.4, -0.2) is 7.85 Å². The minimum atomic E-state index is 0.840. The van der Waals surface area contributed by atoms with Gasteiger partial charge in [0.1, 0.15) is 7.85 Å². The highest BCUT2D eigenvalue weighted by atomic mass is 32.2. The van der Waals surface area contributed by atoms with Crippen LogP contribution in [-0.2, 0) is 0 Å². The molecule has 0 aromatic heterocycles. The zero-order chi connectivity index (χ0) is 11.5. The molecule has 2 radical (unpaired) electrons.